The summed E-state index contributed by atoms with van der Waals surface area (Å²) in [5, 5.41) is 0.144. The van der Waals surface area contributed by atoms with Crippen molar-refractivity contribution in [3.05, 3.63) is 59.9 Å². The van der Waals surface area contributed by atoms with Gasteiger partial charge in [-0.25, -0.2) is 0 Å². The highest BCUT2D eigenvalue weighted by Crippen LogP contribution is 2.31. The number of anilines is 1. The average molecular weight is 577 g/mol. The van der Waals surface area contributed by atoms with Crippen LogP contribution in [0.3, 0.4) is 0 Å². The van der Waals surface area contributed by atoms with Crippen molar-refractivity contribution < 1.29 is 57.7 Å². The third-order valence-corrected chi connectivity index (χ3v) is 7.39. The van der Waals surface area contributed by atoms with Gasteiger partial charge in [0, 0.05) is 17.7 Å². The minimum absolute atomic E-state index is 0. The second-order valence-corrected chi connectivity index (χ2v) is 11.8. The molecule has 3 rings (SSSR count). The van der Waals surface area contributed by atoms with Gasteiger partial charge < -0.3 is 52.8 Å². The van der Waals surface area contributed by atoms with E-state index in [-0.39, 0.29) is 35.2 Å². The van der Waals surface area contributed by atoms with E-state index in [4.69, 9.17) is 14.4 Å². The van der Waals surface area contributed by atoms with Crippen LogP contribution in [0.15, 0.2) is 48.8 Å². The third-order valence-electron chi connectivity index (χ3n) is 5.26. The highest BCUT2D eigenvalue weighted by molar-refractivity contribution is 6.71. The van der Waals surface area contributed by atoms with Crippen LogP contribution in [-0.4, -0.2) is 59.6 Å². The van der Waals surface area contributed by atoms with Crippen LogP contribution in [0.5, 0.6) is 0 Å². The van der Waals surface area contributed by atoms with Crippen LogP contribution in [0.4, 0.5) is 5.69 Å². The summed E-state index contributed by atoms with van der Waals surface area (Å²) in [5.74, 6) is 0. The first kappa shape index (κ1) is 26.1. The van der Waals surface area contributed by atoms with Crippen LogP contribution in [0, 0.1) is 13.8 Å². The molecule has 2 aromatic rings. The Morgan fingerprint density at radius 1 is 0.903 bits per heavy atom. The van der Waals surface area contributed by atoms with Gasteiger partial charge in [0.15, 0.2) is 6.67 Å². The molecule has 31 heavy (non-hydrogen) atoms. The molecule has 1 aliphatic rings. The van der Waals surface area contributed by atoms with Crippen LogP contribution in [0.1, 0.15) is 17.5 Å². The molecule has 0 aliphatic carbocycles. The fourth-order valence-electron chi connectivity index (χ4n) is 3.85. The van der Waals surface area contributed by atoms with Crippen molar-refractivity contribution in [1.29, 1.82) is 0 Å². The van der Waals surface area contributed by atoms with Gasteiger partial charge in [0.2, 0.25) is 0 Å². The molecule has 2 aromatic carbocycles. The van der Waals surface area contributed by atoms with Gasteiger partial charge in [0.25, 0.3) is 0 Å². The van der Waals surface area contributed by atoms with Gasteiger partial charge in [-0.1, -0.05) is 24.3 Å². The van der Waals surface area contributed by atoms with E-state index >= 15 is 0 Å². The van der Waals surface area contributed by atoms with Crippen molar-refractivity contribution in [2.75, 3.05) is 18.1 Å². The Hall–Kier alpha value is -1.14. The maximum Gasteiger partial charge on any atom is 0.528 e. The van der Waals surface area contributed by atoms with Gasteiger partial charge in [0.05, 0.1) is 18.4 Å². The molecule has 11 heteroatoms. The highest BCUT2D eigenvalue weighted by atomic mass is 127. The maximum absolute atomic E-state index is 9.41. The van der Waals surface area contributed by atoms with Gasteiger partial charge in [0.1, 0.15) is 6.20 Å². The Kier molecular flexibility index (Phi) is 8.60. The molecule has 0 fully saturated rings. The molecule has 0 spiro atoms. The highest BCUT2D eigenvalue weighted by Gasteiger charge is 2.30. The standard InChI is InChI=1S/C20H28N2O6Si2.HI/c1-15-12-18(17-4-6-19(7-5-17)30(26,27)28)13-16(2)20(15)22-10-9-21(14-22)8-3-11-29(23,24)25;/h4-7,9-10,12-13,23-28H,3,8,11,14H2,1-2H3;1H. The molecule has 0 aromatic heterocycles. The molecule has 1 aliphatic heterocycles. The van der Waals surface area contributed by atoms with Gasteiger partial charge in [-0.3, -0.25) is 9.80 Å². The summed E-state index contributed by atoms with van der Waals surface area (Å²) in [6, 6.07) is 10.8. The Bertz CT molecular complexity index is 906. The number of nitrogens with zero attached hydrogens (tertiary/aromatic N) is 1. The molecule has 0 bridgehead atoms. The minimum Gasteiger partial charge on any atom is -1.00 e. The van der Waals surface area contributed by atoms with E-state index < -0.39 is 17.6 Å². The lowest BCUT2D eigenvalue weighted by atomic mass is 9.98. The summed E-state index contributed by atoms with van der Waals surface area (Å²) < 4.78 is 0. The molecular formula is C20H29IN2O6Si2. The molecule has 8 nitrogen and oxygen atoms in total. The average Bonchev–Trinajstić information content (AvgIpc) is 3.07. The zero-order valence-corrected chi connectivity index (χ0v) is 21.6. The Morgan fingerprint density at radius 3 is 2.00 bits per heavy atom. The third kappa shape index (κ3) is 6.92. The summed E-state index contributed by atoms with van der Waals surface area (Å²) in [4.78, 5) is 59.0. The number of benzene rings is 2. The number of aryl methyl sites for hydroxylation is 2. The number of hydrogen-bond donors (Lipinski definition) is 7. The van der Waals surface area contributed by atoms with Gasteiger partial charge >= 0.3 is 17.6 Å². The normalized spacial score (nSPS) is 16.5. The largest absolute Gasteiger partial charge is 1.00 e. The SMILES string of the molecule is Cc1cc(-c2ccc([Si](O)(O)O)cc2)cc(C)c1N1C=C[NH+](CCC[Si](O)(O)O)C1.[I-]. The van der Waals surface area contributed by atoms with Crippen molar-refractivity contribution in [1.82, 2.24) is 0 Å². The van der Waals surface area contributed by atoms with Crippen LogP contribution >= 0.6 is 0 Å². The van der Waals surface area contributed by atoms with E-state index in [1.807, 2.05) is 26.2 Å². The molecule has 1 heterocycles. The fourth-order valence-corrected chi connectivity index (χ4v) is 5.12. The zero-order chi connectivity index (χ0) is 22.1. The predicted molar refractivity (Wildman–Crippen MR) is 118 cm³/mol. The van der Waals surface area contributed by atoms with E-state index in [1.54, 1.807) is 12.1 Å². The van der Waals surface area contributed by atoms with Crippen molar-refractivity contribution in [2.45, 2.75) is 26.3 Å². The second kappa shape index (κ2) is 10.2. The van der Waals surface area contributed by atoms with Gasteiger partial charge in [-0.2, -0.15) is 0 Å². The summed E-state index contributed by atoms with van der Waals surface area (Å²) in [6.45, 7) is 5.52. The molecule has 1 unspecified atom stereocenters. The molecular weight excluding hydrogens is 547 g/mol. The molecule has 0 amide bonds. The monoisotopic (exact) mass is 576 g/mol. The number of nitrogens with one attached hydrogen (secondary N) is 1. The van der Waals surface area contributed by atoms with Crippen LogP contribution in [-0.2, 0) is 0 Å². The van der Waals surface area contributed by atoms with E-state index in [1.165, 1.54) is 17.0 Å². The summed E-state index contributed by atoms with van der Waals surface area (Å²) in [5.41, 5.74) is 5.24. The van der Waals surface area contributed by atoms with Crippen molar-refractivity contribution in [3.8, 4) is 11.1 Å². The number of rotatable bonds is 7. The van der Waals surface area contributed by atoms with Gasteiger partial charge in [-0.05, 0) is 48.2 Å². The summed E-state index contributed by atoms with van der Waals surface area (Å²) in [6.07, 6.45) is 4.60. The second-order valence-electron chi connectivity index (χ2n) is 7.90. The lowest BCUT2D eigenvalue weighted by molar-refractivity contribution is -0.840. The van der Waals surface area contributed by atoms with Crippen LogP contribution in [0.25, 0.3) is 11.1 Å². The number of quaternary nitrogens is 1. The maximum atomic E-state index is 9.41. The van der Waals surface area contributed by atoms with E-state index in [9.17, 15) is 14.4 Å². The minimum atomic E-state index is -4.29. The predicted octanol–water partition coefficient (Wildman–Crippen LogP) is -4.46. The van der Waals surface area contributed by atoms with Crippen molar-refractivity contribution in [2.24, 2.45) is 0 Å². The number of halogens is 1. The van der Waals surface area contributed by atoms with E-state index in [2.05, 4.69) is 17.0 Å². The summed E-state index contributed by atoms with van der Waals surface area (Å²) in [7, 11) is -8.26. The first-order valence-corrected chi connectivity index (χ1v) is 13.7. The Labute approximate surface area is 201 Å². The molecule has 0 saturated carbocycles. The molecule has 0 saturated heterocycles. The molecule has 0 radical (unpaired) electrons. The smallest absolute Gasteiger partial charge is 0.528 e. The number of hydrogen-bond acceptors (Lipinski definition) is 7. The molecule has 7 N–H and O–H groups in total. The van der Waals surface area contributed by atoms with Gasteiger partial charge in [-0.15, -0.1) is 0 Å². The topological polar surface area (TPSA) is 129 Å². The first-order chi connectivity index (χ1) is 13.9. The van der Waals surface area contributed by atoms with E-state index in [0.717, 1.165) is 34.6 Å². The molecule has 1 atom stereocenters. The lowest BCUT2D eigenvalue weighted by Gasteiger charge is -2.22. The lowest BCUT2D eigenvalue weighted by Crippen LogP contribution is -3.07. The first-order valence-electron chi connectivity index (χ1n) is 9.80. The summed E-state index contributed by atoms with van der Waals surface area (Å²) >= 11 is 0. The quantitative estimate of drug-likeness (QED) is 0.131. The Morgan fingerprint density at radius 2 is 1.48 bits per heavy atom. The Balaban J connectivity index is 0.00000341. The van der Waals surface area contributed by atoms with Crippen LogP contribution < -0.4 is 39.0 Å². The molecule has 170 valence electrons. The van der Waals surface area contributed by atoms with E-state index in [0.29, 0.717) is 13.0 Å². The fraction of sp³-hybridized carbons (Fsp3) is 0.300. The van der Waals surface area contributed by atoms with Crippen LogP contribution in [0.2, 0.25) is 6.04 Å². The van der Waals surface area contributed by atoms with Crippen molar-refractivity contribution >= 4 is 28.5 Å². The zero-order valence-electron chi connectivity index (χ0n) is 17.5. The van der Waals surface area contributed by atoms with Crippen molar-refractivity contribution in [3.63, 3.8) is 0 Å².